The summed E-state index contributed by atoms with van der Waals surface area (Å²) < 4.78 is 126. The Morgan fingerprint density at radius 3 is 1.76 bits per heavy atom. The van der Waals surface area contributed by atoms with Crippen LogP contribution in [0.4, 0.5) is 39.5 Å². The van der Waals surface area contributed by atoms with Crippen LogP contribution < -0.4 is 20.7 Å². The zero-order chi connectivity index (χ0) is 35.4. The van der Waals surface area contributed by atoms with Gasteiger partial charge in [0.05, 0.1) is 18.7 Å². The maximum atomic E-state index is 14.0. The van der Waals surface area contributed by atoms with Crippen molar-refractivity contribution in [3.63, 3.8) is 0 Å². The van der Waals surface area contributed by atoms with E-state index in [2.05, 4.69) is 0 Å². The standard InChI is InChI=1S/C28H28F9N3O6/c1-13(2)19(21(41)27(32,33)34)39-23(43)20(15-8-10-18(46-4)11-9-15)40-22(42)14(3)38-24(44)25(45,28(35,36)37)16-6-5-7-17(12-16)26(29,30)31/h5-14,19-20,45H,1-4H3,(H,38,44)(H,39,43)(H,40,42). The Kier molecular flexibility index (Phi) is 11.5. The van der Waals surface area contributed by atoms with Crippen molar-refractivity contribution in [2.75, 3.05) is 7.11 Å². The fourth-order valence-electron chi connectivity index (χ4n) is 4.02. The number of aliphatic hydroxyl groups is 1. The summed E-state index contributed by atoms with van der Waals surface area (Å²) in [6.07, 6.45) is -16.4. The molecule has 254 valence electrons. The van der Waals surface area contributed by atoms with Crippen molar-refractivity contribution in [3.05, 3.63) is 65.2 Å². The monoisotopic (exact) mass is 673 g/mol. The molecule has 0 spiro atoms. The summed E-state index contributed by atoms with van der Waals surface area (Å²) in [4.78, 5) is 50.9. The van der Waals surface area contributed by atoms with Crippen LogP contribution in [0.5, 0.6) is 5.75 Å². The Morgan fingerprint density at radius 2 is 1.30 bits per heavy atom. The van der Waals surface area contributed by atoms with Gasteiger partial charge in [0.15, 0.2) is 0 Å². The van der Waals surface area contributed by atoms with Crippen LogP contribution in [0.15, 0.2) is 48.5 Å². The Morgan fingerprint density at radius 1 is 0.761 bits per heavy atom. The highest BCUT2D eigenvalue weighted by Crippen LogP contribution is 2.41. The SMILES string of the molecule is COc1ccc(C(NC(=O)C(C)NC(=O)C(O)(c2cccc(C(F)(F)F)c2)C(F)(F)F)C(=O)NC(C(=O)C(F)(F)F)C(C)C)cc1. The van der Waals surface area contributed by atoms with Crippen LogP contribution in [0.1, 0.15) is 43.5 Å². The summed E-state index contributed by atoms with van der Waals surface area (Å²) in [5.74, 6) is -8.30. The van der Waals surface area contributed by atoms with E-state index in [0.29, 0.717) is 18.2 Å². The van der Waals surface area contributed by atoms with Gasteiger partial charge in [-0.3, -0.25) is 19.2 Å². The van der Waals surface area contributed by atoms with Gasteiger partial charge in [0.1, 0.15) is 17.8 Å². The molecule has 3 amide bonds. The van der Waals surface area contributed by atoms with E-state index in [-0.39, 0.29) is 17.4 Å². The Labute approximate surface area is 255 Å². The third-order valence-electron chi connectivity index (χ3n) is 6.61. The molecule has 4 unspecified atom stereocenters. The smallest absolute Gasteiger partial charge is 0.452 e. The first-order valence-corrected chi connectivity index (χ1v) is 13.1. The summed E-state index contributed by atoms with van der Waals surface area (Å²) in [6.45, 7) is 3.18. The molecule has 0 radical (unpaired) electrons. The minimum atomic E-state index is -5.90. The predicted molar refractivity (Wildman–Crippen MR) is 141 cm³/mol. The van der Waals surface area contributed by atoms with Gasteiger partial charge in [-0.05, 0) is 42.7 Å². The predicted octanol–water partition coefficient (Wildman–Crippen LogP) is 4.10. The van der Waals surface area contributed by atoms with E-state index in [0.717, 1.165) is 6.92 Å². The Balaban J connectivity index is 2.43. The highest BCUT2D eigenvalue weighted by atomic mass is 19.4. The highest BCUT2D eigenvalue weighted by Gasteiger charge is 2.61. The summed E-state index contributed by atoms with van der Waals surface area (Å²) in [5, 5.41) is 15.9. The second-order valence-corrected chi connectivity index (χ2v) is 10.3. The zero-order valence-electron chi connectivity index (χ0n) is 24.3. The lowest BCUT2D eigenvalue weighted by atomic mass is 9.90. The molecule has 0 aliphatic carbocycles. The largest absolute Gasteiger partial charge is 0.497 e. The molecule has 0 saturated carbocycles. The van der Waals surface area contributed by atoms with Crippen molar-refractivity contribution >= 4 is 23.5 Å². The minimum Gasteiger partial charge on any atom is -0.497 e. The molecule has 2 aromatic carbocycles. The summed E-state index contributed by atoms with van der Waals surface area (Å²) in [6, 6.07) is 0.129. The number of amides is 3. The lowest BCUT2D eigenvalue weighted by molar-refractivity contribution is -0.257. The third-order valence-corrected chi connectivity index (χ3v) is 6.61. The quantitative estimate of drug-likeness (QED) is 0.266. The van der Waals surface area contributed by atoms with Crippen molar-refractivity contribution in [3.8, 4) is 5.75 Å². The summed E-state index contributed by atoms with van der Waals surface area (Å²) in [7, 11) is 1.28. The molecule has 46 heavy (non-hydrogen) atoms. The van der Waals surface area contributed by atoms with Crippen molar-refractivity contribution in [2.45, 2.75) is 63.0 Å². The number of halogens is 9. The number of ether oxygens (including phenoxy) is 1. The Hall–Kier alpha value is -4.35. The van der Waals surface area contributed by atoms with Gasteiger partial charge < -0.3 is 25.8 Å². The topological polar surface area (TPSA) is 134 Å². The number of Topliss-reactive ketones (excluding diaryl/α,β-unsaturated/α-hetero) is 1. The van der Waals surface area contributed by atoms with Crippen molar-refractivity contribution in [1.29, 1.82) is 0 Å². The molecular weight excluding hydrogens is 645 g/mol. The fourth-order valence-corrected chi connectivity index (χ4v) is 4.02. The molecule has 0 fully saturated rings. The van der Waals surface area contributed by atoms with Crippen LogP contribution in [-0.2, 0) is 31.0 Å². The molecule has 2 aromatic rings. The van der Waals surface area contributed by atoms with E-state index in [4.69, 9.17) is 4.74 Å². The first-order chi connectivity index (χ1) is 20.9. The van der Waals surface area contributed by atoms with E-state index in [9.17, 15) is 63.8 Å². The van der Waals surface area contributed by atoms with Crippen molar-refractivity contribution < 1.29 is 68.5 Å². The maximum absolute atomic E-state index is 14.0. The molecule has 0 saturated heterocycles. The lowest BCUT2D eigenvalue weighted by Gasteiger charge is -2.31. The van der Waals surface area contributed by atoms with Gasteiger partial charge in [0, 0.05) is 5.56 Å². The summed E-state index contributed by atoms with van der Waals surface area (Å²) in [5.41, 5.74) is -7.84. The number of nitrogens with one attached hydrogen (secondary N) is 3. The van der Waals surface area contributed by atoms with Gasteiger partial charge in [0.25, 0.3) is 17.3 Å². The van der Waals surface area contributed by atoms with Crippen LogP contribution >= 0.6 is 0 Å². The number of benzene rings is 2. The molecule has 18 heteroatoms. The van der Waals surface area contributed by atoms with E-state index >= 15 is 0 Å². The van der Waals surface area contributed by atoms with Crippen molar-refractivity contribution in [1.82, 2.24) is 16.0 Å². The summed E-state index contributed by atoms with van der Waals surface area (Å²) >= 11 is 0. The van der Waals surface area contributed by atoms with Crippen molar-refractivity contribution in [2.24, 2.45) is 5.92 Å². The van der Waals surface area contributed by atoms with Crippen LogP contribution in [0, 0.1) is 5.92 Å². The molecule has 0 aromatic heterocycles. The van der Waals surface area contributed by atoms with Crippen LogP contribution in [-0.4, -0.2) is 60.2 Å². The van der Waals surface area contributed by atoms with Gasteiger partial charge >= 0.3 is 18.5 Å². The number of hydrogen-bond donors (Lipinski definition) is 4. The Bertz CT molecular complexity index is 1430. The number of carbonyl (C=O) groups excluding carboxylic acids is 4. The number of methoxy groups -OCH3 is 1. The van der Waals surface area contributed by atoms with E-state index in [1.165, 1.54) is 50.5 Å². The molecule has 9 nitrogen and oxygen atoms in total. The average molecular weight is 674 g/mol. The molecule has 0 aliphatic rings. The van der Waals surface area contributed by atoms with E-state index in [1.807, 2.05) is 10.6 Å². The number of alkyl halides is 9. The van der Waals surface area contributed by atoms with Crippen LogP contribution in [0.2, 0.25) is 0 Å². The number of carbonyl (C=O) groups is 4. The average Bonchev–Trinajstić information content (AvgIpc) is 2.95. The number of ketones is 1. The fraction of sp³-hybridized carbons (Fsp3) is 0.429. The molecular formula is C28H28F9N3O6. The second kappa shape index (κ2) is 14.0. The lowest BCUT2D eigenvalue weighted by Crippen LogP contribution is -2.59. The number of rotatable bonds is 11. The normalized spacial score (nSPS) is 15.6. The van der Waals surface area contributed by atoms with E-state index < -0.39 is 82.8 Å². The van der Waals surface area contributed by atoms with Gasteiger partial charge in [-0.1, -0.05) is 38.1 Å². The highest BCUT2D eigenvalue weighted by molar-refractivity contribution is 5.97. The molecule has 2 rings (SSSR count). The zero-order valence-corrected chi connectivity index (χ0v) is 24.3. The van der Waals surface area contributed by atoms with E-state index in [1.54, 1.807) is 0 Å². The van der Waals surface area contributed by atoms with Gasteiger partial charge in [-0.15, -0.1) is 0 Å². The van der Waals surface area contributed by atoms with Crippen LogP contribution in [0.3, 0.4) is 0 Å². The first kappa shape index (κ1) is 37.8. The second-order valence-electron chi connectivity index (χ2n) is 10.3. The number of hydrogen-bond acceptors (Lipinski definition) is 6. The first-order valence-electron chi connectivity index (χ1n) is 13.1. The molecule has 4 atom stereocenters. The minimum absolute atomic E-state index is 0.102. The third kappa shape index (κ3) is 8.67. The van der Waals surface area contributed by atoms with Gasteiger partial charge in [-0.25, -0.2) is 0 Å². The molecule has 0 heterocycles. The van der Waals surface area contributed by atoms with Gasteiger partial charge in [-0.2, -0.15) is 39.5 Å². The molecule has 0 aliphatic heterocycles. The molecule has 0 bridgehead atoms. The van der Waals surface area contributed by atoms with Crippen LogP contribution in [0.25, 0.3) is 0 Å². The van der Waals surface area contributed by atoms with Gasteiger partial charge in [0.2, 0.25) is 11.8 Å². The molecule has 4 N–H and O–H groups in total. The maximum Gasteiger partial charge on any atom is 0.452 e.